The predicted octanol–water partition coefficient (Wildman–Crippen LogP) is 2.72. The molecule has 2 rings (SSSR count). The zero-order valence-corrected chi connectivity index (χ0v) is 14.0. The highest BCUT2D eigenvalue weighted by Crippen LogP contribution is 2.19. The van der Waals surface area contributed by atoms with E-state index in [0.717, 1.165) is 5.69 Å². The van der Waals surface area contributed by atoms with Gasteiger partial charge < -0.3 is 10.1 Å². The summed E-state index contributed by atoms with van der Waals surface area (Å²) in [5.41, 5.74) is 1.47. The van der Waals surface area contributed by atoms with E-state index in [0.29, 0.717) is 24.6 Å². The quantitative estimate of drug-likeness (QED) is 0.725. The second kappa shape index (κ2) is 7.82. The number of pyridine rings is 1. The second-order valence-corrected chi connectivity index (χ2v) is 7.47. The summed E-state index contributed by atoms with van der Waals surface area (Å²) in [7, 11) is -3.35. The van der Waals surface area contributed by atoms with Crippen molar-refractivity contribution in [1.82, 2.24) is 4.98 Å². The molecule has 0 aliphatic carbocycles. The Bertz CT molecular complexity index is 718. The van der Waals surface area contributed by atoms with E-state index < -0.39 is 15.3 Å². The summed E-state index contributed by atoms with van der Waals surface area (Å²) in [5, 5.41) is 2.72. The maximum Gasteiger partial charge on any atom is 0.235 e. The number of hydrogen-bond acceptors (Lipinski definition) is 5. The predicted molar refractivity (Wildman–Crippen MR) is 92.3 cm³/mol. The molecule has 1 aromatic heterocycles. The van der Waals surface area contributed by atoms with Crippen LogP contribution in [0, 0.1) is 0 Å². The Hall–Kier alpha value is -2.28. The fourth-order valence-corrected chi connectivity index (χ4v) is 2.46. The normalized spacial score (nSPS) is 11.3. The van der Waals surface area contributed by atoms with Crippen LogP contribution in [0.15, 0.2) is 48.8 Å². The summed E-state index contributed by atoms with van der Waals surface area (Å²) in [5.74, 6) is 0.616. The largest absolute Gasteiger partial charge is 0.492 e. The lowest BCUT2D eigenvalue weighted by Crippen LogP contribution is -2.22. The van der Waals surface area contributed by atoms with Gasteiger partial charge in [0.15, 0.2) is 0 Å². The van der Waals surface area contributed by atoms with Crippen LogP contribution in [0.25, 0.3) is 0 Å². The smallest absolute Gasteiger partial charge is 0.235 e. The molecule has 0 atom stereocenters. The molecule has 0 fully saturated rings. The molecule has 0 saturated heterocycles. The van der Waals surface area contributed by atoms with E-state index >= 15 is 0 Å². The van der Waals surface area contributed by atoms with Crippen molar-refractivity contribution in [1.29, 1.82) is 0 Å². The molecule has 23 heavy (non-hydrogen) atoms. The molecule has 2 N–H and O–H groups in total. The average Bonchev–Trinajstić information content (AvgIpc) is 2.52. The molecule has 0 bridgehead atoms. The second-order valence-electron chi connectivity index (χ2n) is 5.23. The highest BCUT2D eigenvalue weighted by molar-refractivity contribution is 7.93. The molecule has 0 saturated carbocycles. The third-order valence-electron chi connectivity index (χ3n) is 3.09. The van der Waals surface area contributed by atoms with E-state index in [9.17, 15) is 8.42 Å². The number of rotatable bonds is 8. The Morgan fingerprint density at radius 2 is 1.87 bits per heavy atom. The number of sulfonamides is 1. The molecule has 1 aromatic carbocycles. The SMILES string of the molecule is CC(C)S(=O)(=O)Nc1cccc(OCCNc2ccncc2)c1. The van der Waals surface area contributed by atoms with Crippen LogP contribution in [0.3, 0.4) is 0 Å². The van der Waals surface area contributed by atoms with Crippen LogP contribution in [0.2, 0.25) is 0 Å². The summed E-state index contributed by atoms with van der Waals surface area (Å²) in [4.78, 5) is 3.95. The molecular formula is C16H21N3O3S. The van der Waals surface area contributed by atoms with E-state index in [1.807, 2.05) is 12.1 Å². The summed E-state index contributed by atoms with van der Waals surface area (Å²) in [6.07, 6.45) is 3.43. The first-order valence-corrected chi connectivity index (χ1v) is 8.90. The van der Waals surface area contributed by atoms with Crippen molar-refractivity contribution in [3.8, 4) is 5.75 Å². The minimum atomic E-state index is -3.35. The van der Waals surface area contributed by atoms with Crippen LogP contribution in [0.4, 0.5) is 11.4 Å². The summed E-state index contributed by atoms with van der Waals surface area (Å²) >= 11 is 0. The van der Waals surface area contributed by atoms with Crippen LogP contribution in [-0.2, 0) is 10.0 Å². The molecule has 0 unspecified atom stereocenters. The number of aromatic nitrogens is 1. The lowest BCUT2D eigenvalue weighted by atomic mass is 10.3. The van der Waals surface area contributed by atoms with Crippen molar-refractivity contribution in [2.24, 2.45) is 0 Å². The van der Waals surface area contributed by atoms with Gasteiger partial charge in [-0.2, -0.15) is 0 Å². The third kappa shape index (κ3) is 5.45. The summed E-state index contributed by atoms with van der Waals surface area (Å²) in [6.45, 7) is 4.36. The topological polar surface area (TPSA) is 80.3 Å². The van der Waals surface area contributed by atoms with Crippen LogP contribution >= 0.6 is 0 Å². The third-order valence-corrected chi connectivity index (χ3v) is 4.86. The zero-order chi connectivity index (χ0) is 16.7. The zero-order valence-electron chi connectivity index (χ0n) is 13.2. The van der Waals surface area contributed by atoms with Gasteiger partial charge in [-0.25, -0.2) is 8.42 Å². The lowest BCUT2D eigenvalue weighted by molar-refractivity contribution is 0.333. The number of nitrogens with one attached hydrogen (secondary N) is 2. The highest BCUT2D eigenvalue weighted by Gasteiger charge is 2.15. The Morgan fingerprint density at radius 3 is 2.57 bits per heavy atom. The first-order valence-electron chi connectivity index (χ1n) is 7.36. The van der Waals surface area contributed by atoms with Crippen LogP contribution in [-0.4, -0.2) is 31.8 Å². The van der Waals surface area contributed by atoms with E-state index in [1.54, 1.807) is 50.5 Å². The van der Waals surface area contributed by atoms with E-state index in [-0.39, 0.29) is 0 Å². The molecule has 0 aliphatic heterocycles. The first-order chi connectivity index (χ1) is 11.0. The standard InChI is InChI=1S/C16H21N3O3S/c1-13(2)23(20,21)19-15-4-3-5-16(12-15)22-11-10-18-14-6-8-17-9-7-14/h3-9,12-13,19H,10-11H2,1-2H3,(H,17,18). The van der Waals surface area contributed by atoms with Gasteiger partial charge in [0.1, 0.15) is 12.4 Å². The van der Waals surface area contributed by atoms with Gasteiger partial charge in [0.05, 0.1) is 10.9 Å². The summed E-state index contributed by atoms with van der Waals surface area (Å²) in [6, 6.07) is 10.7. The van der Waals surface area contributed by atoms with Crippen molar-refractivity contribution in [2.75, 3.05) is 23.2 Å². The van der Waals surface area contributed by atoms with Crippen molar-refractivity contribution in [3.05, 3.63) is 48.8 Å². The Labute approximate surface area is 137 Å². The average molecular weight is 335 g/mol. The van der Waals surface area contributed by atoms with E-state index in [2.05, 4.69) is 15.0 Å². The monoisotopic (exact) mass is 335 g/mol. The fraction of sp³-hybridized carbons (Fsp3) is 0.312. The lowest BCUT2D eigenvalue weighted by Gasteiger charge is -2.12. The first kappa shape index (κ1) is 17.1. The number of nitrogens with zero attached hydrogens (tertiary/aromatic N) is 1. The number of anilines is 2. The minimum Gasteiger partial charge on any atom is -0.492 e. The van der Waals surface area contributed by atoms with Crippen molar-refractivity contribution < 1.29 is 13.2 Å². The number of benzene rings is 1. The van der Waals surface area contributed by atoms with Crippen LogP contribution in [0.5, 0.6) is 5.75 Å². The fourth-order valence-electron chi connectivity index (χ4n) is 1.77. The van der Waals surface area contributed by atoms with Gasteiger partial charge in [-0.1, -0.05) is 6.07 Å². The van der Waals surface area contributed by atoms with Gasteiger partial charge in [-0.3, -0.25) is 9.71 Å². The van der Waals surface area contributed by atoms with Gasteiger partial charge in [-0.15, -0.1) is 0 Å². The maximum atomic E-state index is 11.9. The van der Waals surface area contributed by atoms with Gasteiger partial charge in [0.25, 0.3) is 0 Å². The van der Waals surface area contributed by atoms with Crippen molar-refractivity contribution >= 4 is 21.4 Å². The molecule has 6 nitrogen and oxygen atoms in total. The molecular weight excluding hydrogens is 314 g/mol. The Balaban J connectivity index is 1.85. The molecule has 0 spiro atoms. The Kier molecular flexibility index (Phi) is 5.81. The highest BCUT2D eigenvalue weighted by atomic mass is 32.2. The molecule has 7 heteroatoms. The maximum absolute atomic E-state index is 11.9. The van der Waals surface area contributed by atoms with Crippen molar-refractivity contribution in [3.63, 3.8) is 0 Å². The minimum absolute atomic E-state index is 0.461. The molecule has 0 radical (unpaired) electrons. The number of ether oxygens (including phenoxy) is 1. The Morgan fingerprint density at radius 1 is 1.13 bits per heavy atom. The van der Waals surface area contributed by atoms with Crippen molar-refractivity contribution in [2.45, 2.75) is 19.1 Å². The van der Waals surface area contributed by atoms with E-state index in [4.69, 9.17) is 4.74 Å². The van der Waals surface area contributed by atoms with Gasteiger partial charge in [-0.05, 0) is 38.1 Å². The molecule has 0 aliphatic rings. The number of hydrogen-bond donors (Lipinski definition) is 2. The van der Waals surface area contributed by atoms with Crippen LogP contribution < -0.4 is 14.8 Å². The van der Waals surface area contributed by atoms with Crippen LogP contribution in [0.1, 0.15) is 13.8 Å². The summed E-state index contributed by atoms with van der Waals surface area (Å²) < 4.78 is 31.9. The molecule has 2 aromatic rings. The van der Waals surface area contributed by atoms with Gasteiger partial charge in [0.2, 0.25) is 10.0 Å². The molecule has 124 valence electrons. The van der Waals surface area contributed by atoms with Gasteiger partial charge >= 0.3 is 0 Å². The molecule has 0 amide bonds. The molecule has 1 heterocycles. The van der Waals surface area contributed by atoms with Gasteiger partial charge in [0, 0.05) is 30.7 Å². The van der Waals surface area contributed by atoms with E-state index in [1.165, 1.54) is 0 Å².